The van der Waals surface area contributed by atoms with E-state index in [0.29, 0.717) is 6.54 Å². The standard InChI is InChI=1S/C12H22N2O2/c1-12(13,11(15)16-2)8-14-6-9-4-3-5-10(9)7-14/h9-10H,3-8,13H2,1-2H3. The van der Waals surface area contributed by atoms with E-state index in [4.69, 9.17) is 10.5 Å². The van der Waals surface area contributed by atoms with Gasteiger partial charge in [-0.05, 0) is 31.6 Å². The minimum Gasteiger partial charge on any atom is -0.468 e. The molecule has 0 amide bonds. The van der Waals surface area contributed by atoms with E-state index in [1.54, 1.807) is 6.92 Å². The molecule has 1 heterocycles. The van der Waals surface area contributed by atoms with Crippen molar-refractivity contribution in [2.75, 3.05) is 26.7 Å². The number of carbonyl (C=O) groups excluding carboxylic acids is 1. The maximum absolute atomic E-state index is 11.5. The van der Waals surface area contributed by atoms with Crippen LogP contribution in [0.1, 0.15) is 26.2 Å². The highest BCUT2D eigenvalue weighted by molar-refractivity contribution is 5.80. The van der Waals surface area contributed by atoms with E-state index in [9.17, 15) is 4.79 Å². The van der Waals surface area contributed by atoms with Crippen molar-refractivity contribution in [3.8, 4) is 0 Å². The Bertz CT molecular complexity index is 266. The van der Waals surface area contributed by atoms with Crippen molar-refractivity contribution in [3.05, 3.63) is 0 Å². The number of hydrogen-bond donors (Lipinski definition) is 1. The second-order valence-electron chi connectivity index (χ2n) is 5.55. The Kier molecular flexibility index (Phi) is 3.22. The Morgan fingerprint density at radius 2 is 2.00 bits per heavy atom. The molecule has 2 fully saturated rings. The molecule has 16 heavy (non-hydrogen) atoms. The third-order valence-corrected chi connectivity index (χ3v) is 4.01. The van der Waals surface area contributed by atoms with Gasteiger partial charge in [0.2, 0.25) is 0 Å². The summed E-state index contributed by atoms with van der Waals surface area (Å²) in [4.78, 5) is 13.8. The molecule has 0 aromatic rings. The van der Waals surface area contributed by atoms with Gasteiger partial charge in [-0.25, -0.2) is 0 Å². The molecule has 1 aliphatic heterocycles. The second-order valence-corrected chi connectivity index (χ2v) is 5.55. The number of hydrogen-bond acceptors (Lipinski definition) is 4. The first-order valence-electron chi connectivity index (χ1n) is 6.12. The molecule has 2 N–H and O–H groups in total. The highest BCUT2D eigenvalue weighted by Gasteiger charge is 2.40. The molecule has 4 heteroatoms. The van der Waals surface area contributed by atoms with Gasteiger partial charge in [0.25, 0.3) is 0 Å². The molecule has 92 valence electrons. The van der Waals surface area contributed by atoms with Crippen molar-refractivity contribution < 1.29 is 9.53 Å². The lowest BCUT2D eigenvalue weighted by Crippen LogP contribution is -2.54. The summed E-state index contributed by atoms with van der Waals surface area (Å²) in [6, 6.07) is 0. The van der Waals surface area contributed by atoms with Crippen molar-refractivity contribution in [2.24, 2.45) is 17.6 Å². The van der Waals surface area contributed by atoms with Crippen molar-refractivity contribution in [1.29, 1.82) is 0 Å². The zero-order valence-corrected chi connectivity index (χ0v) is 10.2. The quantitative estimate of drug-likeness (QED) is 0.716. The van der Waals surface area contributed by atoms with E-state index < -0.39 is 5.54 Å². The third-order valence-electron chi connectivity index (χ3n) is 4.01. The zero-order valence-electron chi connectivity index (χ0n) is 10.2. The highest BCUT2D eigenvalue weighted by atomic mass is 16.5. The predicted molar refractivity (Wildman–Crippen MR) is 61.9 cm³/mol. The van der Waals surface area contributed by atoms with Gasteiger partial charge in [0.1, 0.15) is 5.54 Å². The summed E-state index contributed by atoms with van der Waals surface area (Å²) >= 11 is 0. The van der Waals surface area contributed by atoms with Gasteiger partial charge >= 0.3 is 5.97 Å². The van der Waals surface area contributed by atoms with Crippen LogP contribution in [0.15, 0.2) is 0 Å². The maximum Gasteiger partial charge on any atom is 0.326 e. The van der Waals surface area contributed by atoms with E-state index in [1.165, 1.54) is 26.4 Å². The van der Waals surface area contributed by atoms with Crippen LogP contribution in [0, 0.1) is 11.8 Å². The van der Waals surface area contributed by atoms with Crippen molar-refractivity contribution in [3.63, 3.8) is 0 Å². The topological polar surface area (TPSA) is 55.6 Å². The zero-order chi connectivity index (χ0) is 11.8. The minimum atomic E-state index is -0.868. The molecule has 0 aromatic heterocycles. The van der Waals surface area contributed by atoms with Gasteiger partial charge in [0, 0.05) is 19.6 Å². The minimum absolute atomic E-state index is 0.315. The van der Waals surface area contributed by atoms with Crippen molar-refractivity contribution in [1.82, 2.24) is 4.90 Å². The third kappa shape index (κ3) is 2.23. The maximum atomic E-state index is 11.5. The number of carbonyl (C=O) groups is 1. The number of likely N-dealkylation sites (tertiary alicyclic amines) is 1. The van der Waals surface area contributed by atoms with Crippen LogP contribution in [0.2, 0.25) is 0 Å². The van der Waals surface area contributed by atoms with Gasteiger partial charge in [-0.2, -0.15) is 0 Å². The number of rotatable bonds is 3. The van der Waals surface area contributed by atoms with E-state index in [2.05, 4.69) is 4.90 Å². The fourth-order valence-electron chi connectivity index (χ4n) is 3.22. The van der Waals surface area contributed by atoms with Crippen LogP contribution in [-0.2, 0) is 9.53 Å². The highest BCUT2D eigenvalue weighted by Crippen LogP contribution is 2.37. The molecule has 1 aliphatic carbocycles. The van der Waals surface area contributed by atoms with Gasteiger partial charge in [-0.1, -0.05) is 6.42 Å². The molecule has 2 rings (SSSR count). The Morgan fingerprint density at radius 3 is 2.50 bits per heavy atom. The van der Waals surface area contributed by atoms with Gasteiger partial charge in [0.15, 0.2) is 0 Å². The molecular formula is C12H22N2O2. The van der Waals surface area contributed by atoms with Crippen molar-refractivity contribution in [2.45, 2.75) is 31.7 Å². The van der Waals surface area contributed by atoms with Gasteiger partial charge in [-0.15, -0.1) is 0 Å². The first-order valence-corrected chi connectivity index (χ1v) is 6.12. The number of fused-ring (bicyclic) bond motifs is 1. The van der Waals surface area contributed by atoms with E-state index in [0.717, 1.165) is 24.9 Å². The molecule has 3 unspecified atom stereocenters. The SMILES string of the molecule is COC(=O)C(C)(N)CN1CC2CCCC2C1. The Morgan fingerprint density at radius 1 is 1.44 bits per heavy atom. The fourth-order valence-corrected chi connectivity index (χ4v) is 3.22. The lowest BCUT2D eigenvalue weighted by molar-refractivity contribution is -0.147. The Hall–Kier alpha value is -0.610. The van der Waals surface area contributed by atoms with E-state index >= 15 is 0 Å². The average Bonchev–Trinajstić information content (AvgIpc) is 2.75. The first kappa shape index (κ1) is 11.9. The molecule has 1 saturated carbocycles. The summed E-state index contributed by atoms with van der Waals surface area (Å²) < 4.78 is 4.73. The smallest absolute Gasteiger partial charge is 0.326 e. The molecule has 0 aromatic carbocycles. The van der Waals surface area contributed by atoms with Crippen LogP contribution in [0.3, 0.4) is 0 Å². The monoisotopic (exact) mass is 226 g/mol. The number of esters is 1. The predicted octanol–water partition coefficient (Wildman–Crippen LogP) is 0.609. The van der Waals surface area contributed by atoms with Crippen LogP contribution < -0.4 is 5.73 Å². The van der Waals surface area contributed by atoms with Crippen LogP contribution in [0.5, 0.6) is 0 Å². The average molecular weight is 226 g/mol. The Balaban J connectivity index is 1.89. The normalized spacial score (nSPS) is 33.4. The summed E-state index contributed by atoms with van der Waals surface area (Å²) in [7, 11) is 1.39. The number of ether oxygens (including phenoxy) is 1. The fraction of sp³-hybridized carbons (Fsp3) is 0.917. The number of nitrogens with zero attached hydrogens (tertiary/aromatic N) is 1. The lowest BCUT2D eigenvalue weighted by atomic mass is 10.0. The second kappa shape index (κ2) is 4.34. The van der Waals surface area contributed by atoms with Gasteiger partial charge in [0.05, 0.1) is 7.11 Å². The summed E-state index contributed by atoms with van der Waals surface area (Å²) in [6.45, 7) is 4.59. The van der Waals surface area contributed by atoms with Gasteiger partial charge in [-0.3, -0.25) is 4.79 Å². The molecule has 0 radical (unpaired) electrons. The molecular weight excluding hydrogens is 204 g/mol. The van der Waals surface area contributed by atoms with Crippen LogP contribution in [0.25, 0.3) is 0 Å². The molecule has 1 saturated heterocycles. The number of nitrogens with two attached hydrogens (primary N) is 1. The summed E-state index contributed by atoms with van der Waals surface area (Å²) in [5.41, 5.74) is 5.12. The molecule has 0 bridgehead atoms. The summed E-state index contributed by atoms with van der Waals surface area (Å²) in [6.07, 6.45) is 4.07. The van der Waals surface area contributed by atoms with Gasteiger partial charge < -0.3 is 15.4 Å². The van der Waals surface area contributed by atoms with Crippen molar-refractivity contribution >= 4 is 5.97 Å². The summed E-state index contributed by atoms with van der Waals surface area (Å²) in [5, 5.41) is 0. The van der Waals surface area contributed by atoms with Crippen LogP contribution >= 0.6 is 0 Å². The van der Waals surface area contributed by atoms with E-state index in [-0.39, 0.29) is 5.97 Å². The molecule has 0 spiro atoms. The van der Waals surface area contributed by atoms with Crippen LogP contribution in [-0.4, -0.2) is 43.2 Å². The van der Waals surface area contributed by atoms with E-state index in [1.807, 2.05) is 0 Å². The number of methoxy groups -OCH3 is 1. The Labute approximate surface area is 97.1 Å². The van der Waals surface area contributed by atoms with Crippen LogP contribution in [0.4, 0.5) is 0 Å². The first-order chi connectivity index (χ1) is 7.53. The molecule has 2 aliphatic rings. The lowest BCUT2D eigenvalue weighted by Gasteiger charge is -2.27. The molecule has 4 nitrogen and oxygen atoms in total. The summed E-state index contributed by atoms with van der Waals surface area (Å²) in [5.74, 6) is 1.37. The molecule has 3 atom stereocenters. The largest absolute Gasteiger partial charge is 0.468 e.